The van der Waals surface area contributed by atoms with E-state index in [1.807, 2.05) is 0 Å². The third-order valence-electron chi connectivity index (χ3n) is 4.03. The van der Waals surface area contributed by atoms with Crippen molar-refractivity contribution >= 4 is 12.4 Å². The number of hydrogen-bond donors (Lipinski definition) is 1. The Kier molecular flexibility index (Phi) is 5.94. The molecular formula is C16H21ClFN3O. The van der Waals surface area contributed by atoms with Gasteiger partial charge in [0.1, 0.15) is 12.1 Å². The summed E-state index contributed by atoms with van der Waals surface area (Å²) in [6, 6.07) is 6.61. The molecule has 2 heterocycles. The van der Waals surface area contributed by atoms with Crippen LogP contribution in [0.2, 0.25) is 0 Å². The van der Waals surface area contributed by atoms with Crippen molar-refractivity contribution in [2.75, 3.05) is 13.1 Å². The lowest BCUT2D eigenvalue weighted by molar-refractivity contribution is 0.143. The Labute approximate surface area is 135 Å². The van der Waals surface area contributed by atoms with E-state index >= 15 is 0 Å². The summed E-state index contributed by atoms with van der Waals surface area (Å²) in [7, 11) is 0. The Bertz CT molecular complexity index is 587. The van der Waals surface area contributed by atoms with Gasteiger partial charge in [0.15, 0.2) is 0 Å². The standard InChI is InChI=1S/C16H20FN3O.ClH/c17-13-6-4-12(5-7-13)16-19-14(11-21-16)10-20-8-2-1-3-15(20)9-18;/h4-7,11,15H,1-3,8-10,18H2;1H. The second-order valence-corrected chi connectivity index (χ2v) is 5.51. The molecule has 1 aliphatic heterocycles. The van der Waals surface area contributed by atoms with E-state index in [9.17, 15) is 4.39 Å². The number of benzene rings is 1. The van der Waals surface area contributed by atoms with Crippen LogP contribution < -0.4 is 5.73 Å². The van der Waals surface area contributed by atoms with Crippen LogP contribution in [0.15, 0.2) is 34.9 Å². The predicted molar refractivity (Wildman–Crippen MR) is 86.2 cm³/mol. The van der Waals surface area contributed by atoms with Crippen molar-refractivity contribution < 1.29 is 8.81 Å². The molecule has 4 nitrogen and oxygen atoms in total. The Balaban J connectivity index is 0.00000176. The fourth-order valence-corrected chi connectivity index (χ4v) is 2.85. The first-order chi connectivity index (χ1) is 10.3. The van der Waals surface area contributed by atoms with E-state index in [0.717, 1.165) is 30.8 Å². The van der Waals surface area contributed by atoms with Crippen LogP contribution in [0.1, 0.15) is 25.0 Å². The molecule has 0 saturated carbocycles. The van der Waals surface area contributed by atoms with E-state index in [0.29, 0.717) is 18.5 Å². The van der Waals surface area contributed by atoms with Gasteiger partial charge < -0.3 is 10.2 Å². The molecule has 1 aliphatic rings. The highest BCUT2D eigenvalue weighted by atomic mass is 35.5. The van der Waals surface area contributed by atoms with Crippen molar-refractivity contribution in [2.45, 2.75) is 31.8 Å². The summed E-state index contributed by atoms with van der Waals surface area (Å²) in [5.74, 6) is 0.274. The molecule has 0 spiro atoms. The number of nitrogens with two attached hydrogens (primary N) is 1. The number of rotatable bonds is 4. The first kappa shape index (κ1) is 16.9. The lowest BCUT2D eigenvalue weighted by Crippen LogP contribution is -2.43. The highest BCUT2D eigenvalue weighted by Gasteiger charge is 2.22. The summed E-state index contributed by atoms with van der Waals surface area (Å²) in [6.45, 7) is 2.50. The number of hydrogen-bond acceptors (Lipinski definition) is 4. The normalized spacial score (nSPS) is 18.9. The maximum absolute atomic E-state index is 12.9. The van der Waals surface area contributed by atoms with Crippen LogP contribution in [-0.4, -0.2) is 29.0 Å². The molecule has 2 aromatic rings. The first-order valence-corrected chi connectivity index (χ1v) is 7.41. The largest absolute Gasteiger partial charge is 0.444 e. The lowest BCUT2D eigenvalue weighted by Gasteiger charge is -2.34. The molecule has 1 aromatic carbocycles. The molecular weight excluding hydrogens is 305 g/mol. The summed E-state index contributed by atoms with van der Waals surface area (Å²) in [6.07, 6.45) is 5.29. The van der Waals surface area contributed by atoms with Crippen LogP contribution in [0, 0.1) is 5.82 Å². The van der Waals surface area contributed by atoms with Crippen molar-refractivity contribution in [3.63, 3.8) is 0 Å². The van der Waals surface area contributed by atoms with Crippen LogP contribution in [0.3, 0.4) is 0 Å². The van der Waals surface area contributed by atoms with Gasteiger partial charge in [-0.3, -0.25) is 4.90 Å². The number of oxazole rings is 1. The third-order valence-corrected chi connectivity index (χ3v) is 4.03. The van der Waals surface area contributed by atoms with Gasteiger partial charge in [-0.1, -0.05) is 6.42 Å². The van der Waals surface area contributed by atoms with Crippen LogP contribution in [0.4, 0.5) is 4.39 Å². The number of aromatic nitrogens is 1. The van der Waals surface area contributed by atoms with Crippen molar-refractivity contribution in [3.8, 4) is 11.5 Å². The fourth-order valence-electron chi connectivity index (χ4n) is 2.85. The van der Waals surface area contributed by atoms with Crippen molar-refractivity contribution in [3.05, 3.63) is 42.0 Å². The van der Waals surface area contributed by atoms with Gasteiger partial charge in [0.05, 0.1) is 5.69 Å². The summed E-state index contributed by atoms with van der Waals surface area (Å²) >= 11 is 0. The third kappa shape index (κ3) is 3.85. The van der Waals surface area contributed by atoms with Crippen LogP contribution >= 0.6 is 12.4 Å². The molecule has 22 heavy (non-hydrogen) atoms. The highest BCUT2D eigenvalue weighted by Crippen LogP contribution is 2.22. The van der Waals surface area contributed by atoms with Gasteiger partial charge in [-0.2, -0.15) is 0 Å². The van der Waals surface area contributed by atoms with E-state index < -0.39 is 0 Å². The van der Waals surface area contributed by atoms with Crippen LogP contribution in [0.25, 0.3) is 11.5 Å². The first-order valence-electron chi connectivity index (χ1n) is 7.41. The Morgan fingerprint density at radius 2 is 2.05 bits per heavy atom. The van der Waals surface area contributed by atoms with E-state index in [1.54, 1.807) is 18.4 Å². The van der Waals surface area contributed by atoms with E-state index in [-0.39, 0.29) is 18.2 Å². The SMILES string of the molecule is Cl.NCC1CCCCN1Cc1coc(-c2ccc(F)cc2)n1. The van der Waals surface area contributed by atoms with E-state index in [1.165, 1.54) is 25.0 Å². The summed E-state index contributed by atoms with van der Waals surface area (Å²) in [5, 5.41) is 0. The molecule has 1 unspecified atom stereocenters. The second kappa shape index (κ2) is 7.72. The van der Waals surface area contributed by atoms with Crippen LogP contribution in [0.5, 0.6) is 0 Å². The van der Waals surface area contributed by atoms with Crippen molar-refractivity contribution in [2.24, 2.45) is 5.73 Å². The van der Waals surface area contributed by atoms with Crippen molar-refractivity contribution in [1.82, 2.24) is 9.88 Å². The number of halogens is 2. The quantitative estimate of drug-likeness (QED) is 0.937. The monoisotopic (exact) mass is 325 g/mol. The number of nitrogens with zero attached hydrogens (tertiary/aromatic N) is 2. The Morgan fingerprint density at radius 1 is 1.27 bits per heavy atom. The van der Waals surface area contributed by atoms with Gasteiger partial charge in [0, 0.05) is 24.7 Å². The van der Waals surface area contributed by atoms with Gasteiger partial charge in [0.2, 0.25) is 5.89 Å². The summed E-state index contributed by atoms with van der Waals surface area (Å²) < 4.78 is 18.4. The minimum Gasteiger partial charge on any atom is -0.444 e. The van der Waals surface area contributed by atoms with E-state index in [4.69, 9.17) is 10.2 Å². The van der Waals surface area contributed by atoms with Gasteiger partial charge >= 0.3 is 0 Å². The maximum Gasteiger partial charge on any atom is 0.226 e. The number of piperidine rings is 1. The van der Waals surface area contributed by atoms with Gasteiger partial charge in [-0.05, 0) is 43.7 Å². The van der Waals surface area contributed by atoms with Crippen LogP contribution in [-0.2, 0) is 6.54 Å². The molecule has 0 bridgehead atoms. The van der Waals surface area contributed by atoms with Crippen molar-refractivity contribution in [1.29, 1.82) is 0 Å². The van der Waals surface area contributed by atoms with Gasteiger partial charge in [-0.25, -0.2) is 9.37 Å². The molecule has 1 fully saturated rings. The van der Waals surface area contributed by atoms with Gasteiger partial charge in [0.25, 0.3) is 0 Å². The molecule has 0 aliphatic carbocycles. The topological polar surface area (TPSA) is 55.3 Å². The Morgan fingerprint density at radius 3 is 2.77 bits per heavy atom. The average molecular weight is 326 g/mol. The summed E-state index contributed by atoms with van der Waals surface area (Å²) in [4.78, 5) is 6.87. The smallest absolute Gasteiger partial charge is 0.226 e. The predicted octanol–water partition coefficient (Wildman–Crippen LogP) is 3.22. The highest BCUT2D eigenvalue weighted by molar-refractivity contribution is 5.85. The zero-order valence-electron chi connectivity index (χ0n) is 12.4. The molecule has 1 saturated heterocycles. The maximum atomic E-state index is 12.9. The number of likely N-dealkylation sites (tertiary alicyclic amines) is 1. The second-order valence-electron chi connectivity index (χ2n) is 5.51. The molecule has 1 atom stereocenters. The molecule has 120 valence electrons. The molecule has 2 N–H and O–H groups in total. The minimum atomic E-state index is -0.260. The zero-order chi connectivity index (χ0) is 14.7. The lowest BCUT2D eigenvalue weighted by atomic mass is 10.0. The molecule has 3 rings (SSSR count). The molecule has 0 radical (unpaired) electrons. The summed E-state index contributed by atoms with van der Waals surface area (Å²) in [5.41, 5.74) is 7.52. The van der Waals surface area contributed by atoms with E-state index in [2.05, 4.69) is 9.88 Å². The van der Waals surface area contributed by atoms with Gasteiger partial charge in [-0.15, -0.1) is 12.4 Å². The fraction of sp³-hybridized carbons (Fsp3) is 0.438. The molecule has 1 aromatic heterocycles. The molecule has 0 amide bonds. The average Bonchev–Trinajstić information content (AvgIpc) is 2.97. The Hall–Kier alpha value is -1.43. The zero-order valence-corrected chi connectivity index (χ0v) is 13.2. The molecule has 6 heteroatoms. The minimum absolute atomic E-state index is 0.